The molecule has 0 nitrogen and oxygen atoms in total. The Morgan fingerprint density at radius 1 is 1.80 bits per heavy atom. The molecule has 0 unspecified atom stereocenters. The van der Waals surface area contributed by atoms with Crippen LogP contribution in [0.5, 0.6) is 0 Å². The third kappa shape index (κ3) is 4.51. The van der Waals surface area contributed by atoms with Gasteiger partial charge in [0.2, 0.25) is 0 Å². The highest BCUT2D eigenvalue weighted by Gasteiger charge is 1.88. The van der Waals surface area contributed by atoms with Gasteiger partial charge in [0.25, 0.3) is 0 Å². The van der Waals surface area contributed by atoms with Gasteiger partial charge < -0.3 is 0 Å². The monoisotopic (exact) mass is 107 g/mol. The molecule has 31 valence electrons. The van der Waals surface area contributed by atoms with Crippen molar-refractivity contribution >= 4 is 19.2 Å². The molecule has 0 aliphatic carbocycles. The van der Waals surface area contributed by atoms with Gasteiger partial charge >= 0.3 is 0 Å². The van der Waals surface area contributed by atoms with E-state index in [9.17, 15) is 0 Å². The first-order chi connectivity index (χ1) is 2.27. The second kappa shape index (κ2) is 2.73. The number of halogens is 1. The van der Waals surface area contributed by atoms with Crippen molar-refractivity contribution in [2.24, 2.45) is 0 Å². The topological polar surface area (TPSA) is 0 Å². The molecule has 5 heavy (non-hydrogen) atoms. The summed E-state index contributed by atoms with van der Waals surface area (Å²) >= 11 is 5.56. The second-order valence-electron chi connectivity index (χ2n) is 1.03. The van der Waals surface area contributed by atoms with Crippen LogP contribution in [0.25, 0.3) is 0 Å². The van der Waals surface area contributed by atoms with E-state index in [4.69, 9.17) is 11.1 Å². The first-order valence-electron chi connectivity index (χ1n) is 1.75. The molecule has 0 saturated carbocycles. The van der Waals surface area contributed by atoms with Gasteiger partial charge in [0.15, 0.2) is 8.11 Å². The molecular formula is C3H8ClSi. The summed E-state index contributed by atoms with van der Waals surface area (Å²) in [6.45, 7) is 4.20. The molecule has 0 fully saturated rings. The van der Waals surface area contributed by atoms with Gasteiger partial charge in [0.05, 0.1) is 0 Å². The molecule has 2 heteroatoms. The summed E-state index contributed by atoms with van der Waals surface area (Å²) in [7, 11) is -0.402. The van der Waals surface area contributed by atoms with Crippen molar-refractivity contribution in [3.8, 4) is 0 Å². The molecule has 0 aliphatic heterocycles. The van der Waals surface area contributed by atoms with E-state index in [1.54, 1.807) is 0 Å². The highest BCUT2D eigenvalue weighted by Crippen LogP contribution is 1.91. The number of rotatable bonds is 1. The molecule has 0 N–H and O–H groups in total. The first kappa shape index (κ1) is 5.51. The van der Waals surface area contributed by atoms with Crippen LogP contribution in [0, 0.1) is 0 Å². The Morgan fingerprint density at radius 3 is 2.00 bits per heavy atom. The normalized spacial score (nSPS) is 9.60. The quantitative estimate of drug-likeness (QED) is 0.355. The van der Waals surface area contributed by atoms with Crippen molar-refractivity contribution in [2.75, 3.05) is 0 Å². The predicted octanol–water partition coefficient (Wildman–Crippen LogP) is 1.87. The van der Waals surface area contributed by atoms with Crippen LogP contribution < -0.4 is 0 Å². The molecule has 0 amide bonds. The fourth-order valence-electron chi connectivity index (χ4n) is 0. The van der Waals surface area contributed by atoms with E-state index in [2.05, 4.69) is 13.5 Å². The van der Waals surface area contributed by atoms with Crippen LogP contribution in [-0.2, 0) is 0 Å². The molecule has 1 radical (unpaired) electrons. The highest BCUT2D eigenvalue weighted by atomic mass is 35.6. The molecule has 0 aromatic carbocycles. The van der Waals surface area contributed by atoms with Crippen molar-refractivity contribution in [1.29, 1.82) is 0 Å². The van der Waals surface area contributed by atoms with E-state index < -0.39 is 8.11 Å². The zero-order valence-corrected chi connectivity index (χ0v) is 5.34. The van der Waals surface area contributed by atoms with Crippen molar-refractivity contribution in [3.63, 3.8) is 0 Å². The van der Waals surface area contributed by atoms with E-state index in [-0.39, 0.29) is 0 Å². The molecular weight excluding hydrogens is 99.6 g/mol. The lowest BCUT2D eigenvalue weighted by atomic mass is 11.0. The van der Waals surface area contributed by atoms with Crippen LogP contribution in [0.2, 0.25) is 12.6 Å². The third-order valence-corrected chi connectivity index (χ3v) is 2.26. The molecule has 0 bridgehead atoms. The lowest BCUT2D eigenvalue weighted by Gasteiger charge is -1.83. The molecule has 0 spiro atoms. The molecule has 0 rings (SSSR count). The van der Waals surface area contributed by atoms with Crippen LogP contribution >= 0.6 is 11.1 Å². The number of hydrogen-bond donors (Lipinski definition) is 0. The molecule has 0 atom stereocenters. The number of hydrogen-bond acceptors (Lipinski definition) is 0. The van der Waals surface area contributed by atoms with Crippen LogP contribution in [0.1, 0.15) is 6.92 Å². The standard InChI is InChI=1S/C3H8ClSi/c1-3-5(2)4/h3H2,1-2H3. The van der Waals surface area contributed by atoms with Gasteiger partial charge in [0.1, 0.15) is 0 Å². The summed E-state index contributed by atoms with van der Waals surface area (Å²) in [6, 6.07) is 1.17. The summed E-state index contributed by atoms with van der Waals surface area (Å²) in [5.74, 6) is 0. The average molecular weight is 108 g/mol. The third-order valence-electron chi connectivity index (χ3n) is 0.487. The van der Waals surface area contributed by atoms with Crippen LogP contribution in [0.4, 0.5) is 0 Å². The maximum absolute atomic E-state index is 5.56. The zero-order valence-electron chi connectivity index (χ0n) is 3.59. The van der Waals surface area contributed by atoms with E-state index in [1.165, 1.54) is 6.04 Å². The first-order valence-corrected chi connectivity index (χ1v) is 4.97. The van der Waals surface area contributed by atoms with Gasteiger partial charge in [-0.1, -0.05) is 13.5 Å². The fourth-order valence-corrected chi connectivity index (χ4v) is 0. The Labute approximate surface area is 39.5 Å². The zero-order chi connectivity index (χ0) is 4.28. The van der Waals surface area contributed by atoms with E-state index in [0.717, 1.165) is 0 Å². The average Bonchev–Trinajstić information content (AvgIpc) is 1.38. The Kier molecular flexibility index (Phi) is 3.01. The van der Waals surface area contributed by atoms with Crippen LogP contribution in [-0.4, -0.2) is 8.11 Å². The van der Waals surface area contributed by atoms with Crippen molar-refractivity contribution in [3.05, 3.63) is 0 Å². The van der Waals surface area contributed by atoms with Crippen molar-refractivity contribution < 1.29 is 0 Å². The minimum Gasteiger partial charge on any atom is -0.169 e. The van der Waals surface area contributed by atoms with Gasteiger partial charge in [-0.05, 0) is 6.04 Å². The van der Waals surface area contributed by atoms with E-state index >= 15 is 0 Å². The van der Waals surface area contributed by atoms with E-state index in [0.29, 0.717) is 0 Å². The summed E-state index contributed by atoms with van der Waals surface area (Å²) in [5.41, 5.74) is 0. The smallest absolute Gasteiger partial charge is 0.161 e. The van der Waals surface area contributed by atoms with Gasteiger partial charge in [-0.3, -0.25) is 0 Å². The lowest BCUT2D eigenvalue weighted by molar-refractivity contribution is 1.44. The van der Waals surface area contributed by atoms with Gasteiger partial charge in [-0.15, -0.1) is 0 Å². The van der Waals surface area contributed by atoms with Gasteiger partial charge in [0, 0.05) is 0 Å². The SMILES string of the molecule is CC[Si](C)Cl. The Hall–Kier alpha value is 0.507. The molecule has 0 heterocycles. The van der Waals surface area contributed by atoms with Crippen LogP contribution in [0.15, 0.2) is 0 Å². The highest BCUT2D eigenvalue weighted by molar-refractivity contribution is 7.06. The molecule has 0 aromatic rings. The Morgan fingerprint density at radius 2 is 2.00 bits per heavy atom. The summed E-state index contributed by atoms with van der Waals surface area (Å²) in [4.78, 5) is 0. The van der Waals surface area contributed by atoms with Crippen molar-refractivity contribution in [2.45, 2.75) is 19.5 Å². The van der Waals surface area contributed by atoms with Crippen molar-refractivity contribution in [1.82, 2.24) is 0 Å². The summed E-state index contributed by atoms with van der Waals surface area (Å²) in [6.07, 6.45) is 0. The Bertz CT molecular complexity index is 20.9. The fraction of sp³-hybridized carbons (Fsp3) is 1.00. The Balaban J connectivity index is 2.54. The predicted molar refractivity (Wildman–Crippen MR) is 28.0 cm³/mol. The van der Waals surface area contributed by atoms with E-state index in [1.807, 2.05) is 0 Å². The lowest BCUT2D eigenvalue weighted by Crippen LogP contribution is -1.87. The molecule has 0 saturated heterocycles. The second-order valence-corrected chi connectivity index (χ2v) is 5.02. The maximum Gasteiger partial charge on any atom is 0.161 e. The van der Waals surface area contributed by atoms with Gasteiger partial charge in [-0.25, -0.2) is 0 Å². The molecule has 0 aliphatic rings. The maximum atomic E-state index is 5.56. The minimum absolute atomic E-state index is 0.402. The minimum atomic E-state index is -0.402. The largest absolute Gasteiger partial charge is 0.169 e. The van der Waals surface area contributed by atoms with Crippen LogP contribution in [0.3, 0.4) is 0 Å². The van der Waals surface area contributed by atoms with Gasteiger partial charge in [-0.2, -0.15) is 11.1 Å². The summed E-state index contributed by atoms with van der Waals surface area (Å²) < 4.78 is 0. The summed E-state index contributed by atoms with van der Waals surface area (Å²) in [5, 5.41) is 0. The molecule has 0 aromatic heterocycles.